The van der Waals surface area contributed by atoms with E-state index in [0.717, 1.165) is 5.56 Å². The van der Waals surface area contributed by atoms with Crippen LogP contribution in [0.3, 0.4) is 0 Å². The molecule has 0 heterocycles. The normalized spacial score (nSPS) is 11.4. The van der Waals surface area contributed by atoms with Crippen LogP contribution < -0.4 is 0 Å². The Kier molecular flexibility index (Phi) is 6.10. The van der Waals surface area contributed by atoms with Crippen LogP contribution in [0.5, 0.6) is 0 Å². The molecule has 0 aromatic heterocycles. The fraction of sp³-hybridized carbons (Fsp3) is 0.375. The Hall–Kier alpha value is -2.16. The Morgan fingerprint density at radius 3 is 2.67 bits per heavy atom. The number of amides is 1. The van der Waals surface area contributed by atoms with Crippen molar-refractivity contribution in [2.75, 3.05) is 26.8 Å². The van der Waals surface area contributed by atoms with E-state index in [4.69, 9.17) is 5.26 Å². The standard InChI is InChI=1S/C16H20N2O3/c1-16(11-19,12-20)10-18(2)15(21)7-6-13-4-3-5-14(8-13)9-17/h3-8,19-20H,10-12H2,1-2H3/b7-6+. The summed E-state index contributed by atoms with van der Waals surface area (Å²) in [5, 5.41) is 27.3. The maximum Gasteiger partial charge on any atom is 0.246 e. The van der Waals surface area contributed by atoms with Crippen LogP contribution in [0.4, 0.5) is 0 Å². The lowest BCUT2D eigenvalue weighted by molar-refractivity contribution is -0.126. The van der Waals surface area contributed by atoms with Gasteiger partial charge in [0.25, 0.3) is 0 Å². The molecular weight excluding hydrogens is 268 g/mol. The van der Waals surface area contributed by atoms with Crippen molar-refractivity contribution in [3.63, 3.8) is 0 Å². The van der Waals surface area contributed by atoms with Gasteiger partial charge in [-0.3, -0.25) is 4.79 Å². The third kappa shape index (κ3) is 5.03. The number of benzene rings is 1. The lowest BCUT2D eigenvalue weighted by atomic mass is 9.92. The molecule has 1 aromatic rings. The van der Waals surface area contributed by atoms with E-state index in [1.54, 1.807) is 44.3 Å². The van der Waals surface area contributed by atoms with E-state index < -0.39 is 5.41 Å². The maximum absolute atomic E-state index is 12.0. The lowest BCUT2D eigenvalue weighted by Gasteiger charge is -2.29. The number of aliphatic hydroxyl groups is 2. The Morgan fingerprint density at radius 1 is 1.43 bits per heavy atom. The second-order valence-electron chi connectivity index (χ2n) is 5.39. The van der Waals surface area contributed by atoms with Crippen LogP contribution in [-0.2, 0) is 4.79 Å². The molecule has 0 aliphatic carbocycles. The monoisotopic (exact) mass is 288 g/mol. The lowest BCUT2D eigenvalue weighted by Crippen LogP contribution is -2.41. The van der Waals surface area contributed by atoms with Crippen molar-refractivity contribution >= 4 is 12.0 Å². The van der Waals surface area contributed by atoms with Gasteiger partial charge in [0.05, 0.1) is 24.8 Å². The molecule has 0 atom stereocenters. The molecule has 5 nitrogen and oxygen atoms in total. The summed E-state index contributed by atoms with van der Waals surface area (Å²) in [5.41, 5.74) is 0.577. The zero-order valence-corrected chi connectivity index (χ0v) is 12.3. The van der Waals surface area contributed by atoms with Crippen LogP contribution in [0.25, 0.3) is 6.08 Å². The van der Waals surface area contributed by atoms with E-state index in [1.165, 1.54) is 11.0 Å². The Morgan fingerprint density at radius 2 is 2.10 bits per heavy atom. The number of carbonyl (C=O) groups excluding carboxylic acids is 1. The average molecular weight is 288 g/mol. The van der Waals surface area contributed by atoms with Crippen LogP contribution >= 0.6 is 0 Å². The molecule has 1 aromatic carbocycles. The highest BCUT2D eigenvalue weighted by Crippen LogP contribution is 2.16. The van der Waals surface area contributed by atoms with Crippen molar-refractivity contribution < 1.29 is 15.0 Å². The summed E-state index contributed by atoms with van der Waals surface area (Å²) in [6.07, 6.45) is 3.04. The van der Waals surface area contributed by atoms with E-state index in [1.807, 2.05) is 6.07 Å². The van der Waals surface area contributed by atoms with Crippen LogP contribution in [-0.4, -0.2) is 47.8 Å². The molecule has 0 aliphatic rings. The largest absolute Gasteiger partial charge is 0.396 e. The summed E-state index contributed by atoms with van der Waals surface area (Å²) in [6, 6.07) is 8.98. The number of hydrogen-bond acceptors (Lipinski definition) is 4. The number of nitriles is 1. The first kappa shape index (κ1) is 16.9. The number of nitrogens with zero attached hydrogens (tertiary/aromatic N) is 2. The average Bonchev–Trinajstić information content (AvgIpc) is 2.52. The van der Waals surface area contributed by atoms with Crippen molar-refractivity contribution in [2.45, 2.75) is 6.92 Å². The molecule has 1 rings (SSSR count). The Labute approximate surface area is 124 Å². The number of rotatable bonds is 6. The Balaban J connectivity index is 2.71. The van der Waals surface area contributed by atoms with Gasteiger partial charge in [0, 0.05) is 25.1 Å². The topological polar surface area (TPSA) is 84.6 Å². The van der Waals surface area contributed by atoms with Gasteiger partial charge in [0.2, 0.25) is 5.91 Å². The molecule has 0 saturated carbocycles. The fourth-order valence-corrected chi connectivity index (χ4v) is 1.81. The Bertz CT molecular complexity index is 557. The quantitative estimate of drug-likeness (QED) is 0.765. The molecule has 0 fully saturated rings. The van der Waals surface area contributed by atoms with Gasteiger partial charge >= 0.3 is 0 Å². The minimum atomic E-state index is -0.723. The summed E-state index contributed by atoms with van der Waals surface area (Å²) in [6.45, 7) is 1.56. The number of hydrogen-bond donors (Lipinski definition) is 2. The van der Waals surface area contributed by atoms with Crippen molar-refractivity contribution in [3.8, 4) is 6.07 Å². The fourth-order valence-electron chi connectivity index (χ4n) is 1.81. The second kappa shape index (κ2) is 7.58. The van der Waals surface area contributed by atoms with Gasteiger partial charge in [0.15, 0.2) is 0 Å². The van der Waals surface area contributed by atoms with Crippen LogP contribution in [0.1, 0.15) is 18.1 Å². The summed E-state index contributed by atoms with van der Waals surface area (Å²) in [7, 11) is 1.61. The molecule has 0 unspecified atom stereocenters. The van der Waals surface area contributed by atoms with E-state index in [9.17, 15) is 15.0 Å². The predicted octanol–water partition coefficient (Wildman–Crippen LogP) is 1.02. The van der Waals surface area contributed by atoms with E-state index in [0.29, 0.717) is 5.56 Å². The van der Waals surface area contributed by atoms with Gasteiger partial charge in [-0.15, -0.1) is 0 Å². The SMILES string of the molecule is CN(CC(C)(CO)CO)C(=O)/C=C/c1cccc(C#N)c1. The summed E-state index contributed by atoms with van der Waals surface area (Å²) in [4.78, 5) is 13.4. The predicted molar refractivity (Wildman–Crippen MR) is 80.1 cm³/mol. The number of carbonyl (C=O) groups is 1. The maximum atomic E-state index is 12.0. The highest BCUT2D eigenvalue weighted by atomic mass is 16.3. The van der Waals surface area contributed by atoms with E-state index in [2.05, 4.69) is 0 Å². The molecule has 0 spiro atoms. The molecule has 0 radical (unpaired) electrons. The summed E-state index contributed by atoms with van der Waals surface area (Å²) < 4.78 is 0. The van der Waals surface area contributed by atoms with E-state index in [-0.39, 0.29) is 25.7 Å². The minimum absolute atomic E-state index is 0.199. The third-order valence-electron chi connectivity index (χ3n) is 3.19. The van der Waals surface area contributed by atoms with Gasteiger partial charge in [-0.25, -0.2) is 0 Å². The molecule has 0 aliphatic heterocycles. The molecular formula is C16H20N2O3. The van der Waals surface area contributed by atoms with Crippen LogP contribution in [0.2, 0.25) is 0 Å². The molecule has 21 heavy (non-hydrogen) atoms. The highest BCUT2D eigenvalue weighted by molar-refractivity contribution is 5.91. The molecule has 2 N–H and O–H groups in total. The van der Waals surface area contributed by atoms with Gasteiger partial charge in [-0.1, -0.05) is 19.1 Å². The van der Waals surface area contributed by atoms with Crippen molar-refractivity contribution in [2.24, 2.45) is 5.41 Å². The van der Waals surface area contributed by atoms with Crippen LogP contribution in [0.15, 0.2) is 30.3 Å². The molecule has 0 bridgehead atoms. The molecule has 1 amide bonds. The number of aliphatic hydroxyl groups excluding tert-OH is 2. The van der Waals surface area contributed by atoms with Crippen molar-refractivity contribution in [1.29, 1.82) is 5.26 Å². The first-order valence-electron chi connectivity index (χ1n) is 6.59. The van der Waals surface area contributed by atoms with Crippen molar-refractivity contribution in [3.05, 3.63) is 41.5 Å². The van der Waals surface area contributed by atoms with Crippen molar-refractivity contribution in [1.82, 2.24) is 4.90 Å². The number of likely N-dealkylation sites (N-methyl/N-ethyl adjacent to an activating group) is 1. The van der Waals surface area contributed by atoms with Gasteiger partial charge in [-0.2, -0.15) is 5.26 Å². The first-order valence-corrected chi connectivity index (χ1v) is 6.59. The zero-order chi connectivity index (χ0) is 15.9. The smallest absolute Gasteiger partial charge is 0.246 e. The third-order valence-corrected chi connectivity index (χ3v) is 3.19. The minimum Gasteiger partial charge on any atom is -0.396 e. The van der Waals surface area contributed by atoms with E-state index >= 15 is 0 Å². The zero-order valence-electron chi connectivity index (χ0n) is 12.3. The van der Waals surface area contributed by atoms with Gasteiger partial charge < -0.3 is 15.1 Å². The van der Waals surface area contributed by atoms with Gasteiger partial charge in [-0.05, 0) is 23.8 Å². The summed E-state index contributed by atoms with van der Waals surface area (Å²) >= 11 is 0. The molecule has 112 valence electrons. The molecule has 5 heteroatoms. The van der Waals surface area contributed by atoms with Crippen LogP contribution in [0, 0.1) is 16.7 Å². The first-order chi connectivity index (χ1) is 9.94. The molecule has 0 saturated heterocycles. The second-order valence-corrected chi connectivity index (χ2v) is 5.39. The summed E-state index contributed by atoms with van der Waals surface area (Å²) in [5.74, 6) is -0.231. The van der Waals surface area contributed by atoms with Gasteiger partial charge in [0.1, 0.15) is 0 Å². The highest BCUT2D eigenvalue weighted by Gasteiger charge is 2.25.